The molecule has 1 aliphatic rings. The predicted molar refractivity (Wildman–Crippen MR) is 83.0 cm³/mol. The molecule has 1 aromatic carbocycles. The molecule has 0 amide bonds. The fraction of sp³-hybridized carbons (Fsp3) is 0.571. The van der Waals surface area contributed by atoms with E-state index in [-0.39, 0.29) is 16.0 Å². The van der Waals surface area contributed by atoms with E-state index in [0.717, 1.165) is 5.56 Å². The Hall–Kier alpha value is -0.660. The minimum Gasteiger partial charge on any atom is -0.380 e. The van der Waals surface area contributed by atoms with Crippen molar-refractivity contribution < 1.29 is 13.2 Å². The van der Waals surface area contributed by atoms with Crippen molar-refractivity contribution in [3.63, 3.8) is 0 Å². The van der Waals surface area contributed by atoms with Crippen molar-refractivity contribution in [2.75, 3.05) is 13.2 Å². The minimum absolute atomic E-state index is 0.124. The molecule has 0 saturated carbocycles. The van der Waals surface area contributed by atoms with Crippen molar-refractivity contribution in [1.82, 2.24) is 10.0 Å². The van der Waals surface area contributed by atoms with Crippen molar-refractivity contribution in [2.45, 2.75) is 43.8 Å². The quantitative estimate of drug-likeness (QED) is 0.835. The number of ether oxygens (including phenoxy) is 1. The third-order valence-electron chi connectivity index (χ3n) is 3.25. The maximum Gasteiger partial charge on any atom is 0.242 e. The number of sulfonamides is 1. The maximum atomic E-state index is 12.4. The Morgan fingerprint density at radius 3 is 2.81 bits per heavy atom. The highest BCUT2D eigenvalue weighted by Gasteiger charge is 2.25. The van der Waals surface area contributed by atoms with E-state index >= 15 is 0 Å². The first-order valence-electron chi connectivity index (χ1n) is 7.00. The molecule has 1 saturated heterocycles. The Kier molecular flexibility index (Phi) is 5.62. The van der Waals surface area contributed by atoms with Gasteiger partial charge in [-0.15, -0.1) is 0 Å². The highest BCUT2D eigenvalue weighted by molar-refractivity contribution is 7.89. The molecule has 21 heavy (non-hydrogen) atoms. The van der Waals surface area contributed by atoms with Crippen LogP contribution in [0.3, 0.4) is 0 Å². The molecule has 0 spiro atoms. The molecule has 7 heteroatoms. The summed E-state index contributed by atoms with van der Waals surface area (Å²) in [7, 11) is -3.63. The van der Waals surface area contributed by atoms with Crippen LogP contribution in [0, 0.1) is 0 Å². The van der Waals surface area contributed by atoms with Crippen LogP contribution >= 0.6 is 11.6 Å². The SMILES string of the molecule is CC(C)NCc1ccc(Cl)c(S(=O)(=O)NC2CCOC2)c1. The van der Waals surface area contributed by atoms with E-state index in [2.05, 4.69) is 10.0 Å². The standard InChI is InChI=1S/C14H21ClN2O3S/c1-10(2)16-8-11-3-4-13(15)14(7-11)21(18,19)17-12-5-6-20-9-12/h3-4,7,10,12,16-17H,5-6,8-9H2,1-2H3. The van der Waals surface area contributed by atoms with Crippen LogP contribution in [-0.2, 0) is 21.3 Å². The van der Waals surface area contributed by atoms with E-state index in [9.17, 15) is 8.42 Å². The van der Waals surface area contributed by atoms with Crippen LogP contribution in [0.2, 0.25) is 5.02 Å². The molecule has 0 aromatic heterocycles. The lowest BCUT2D eigenvalue weighted by Gasteiger charge is -2.14. The summed E-state index contributed by atoms with van der Waals surface area (Å²) >= 11 is 6.06. The highest BCUT2D eigenvalue weighted by Crippen LogP contribution is 2.23. The first-order chi connectivity index (χ1) is 9.88. The van der Waals surface area contributed by atoms with Crippen molar-refractivity contribution in [3.05, 3.63) is 28.8 Å². The molecule has 1 unspecified atom stereocenters. The average Bonchev–Trinajstić information content (AvgIpc) is 2.89. The van der Waals surface area contributed by atoms with Crippen LogP contribution < -0.4 is 10.0 Å². The van der Waals surface area contributed by atoms with E-state index in [1.54, 1.807) is 12.1 Å². The summed E-state index contributed by atoms with van der Waals surface area (Å²) in [5.41, 5.74) is 0.885. The Morgan fingerprint density at radius 1 is 1.43 bits per heavy atom. The number of benzene rings is 1. The largest absolute Gasteiger partial charge is 0.380 e. The molecule has 2 rings (SSSR count). The number of hydrogen-bond donors (Lipinski definition) is 2. The van der Waals surface area contributed by atoms with Gasteiger partial charge in [0.1, 0.15) is 4.90 Å². The van der Waals surface area contributed by atoms with Gasteiger partial charge in [-0.25, -0.2) is 13.1 Å². The predicted octanol–water partition coefficient (Wildman–Crippen LogP) is 1.91. The van der Waals surface area contributed by atoms with Gasteiger partial charge in [-0.2, -0.15) is 0 Å². The van der Waals surface area contributed by atoms with E-state index in [4.69, 9.17) is 16.3 Å². The average molecular weight is 333 g/mol. The van der Waals surface area contributed by atoms with Crippen molar-refractivity contribution >= 4 is 21.6 Å². The summed E-state index contributed by atoms with van der Waals surface area (Å²) in [5, 5.41) is 3.49. The van der Waals surface area contributed by atoms with Crippen LogP contribution in [0.15, 0.2) is 23.1 Å². The third-order valence-corrected chi connectivity index (χ3v) is 5.25. The lowest BCUT2D eigenvalue weighted by molar-refractivity contribution is 0.192. The van der Waals surface area contributed by atoms with E-state index in [1.807, 2.05) is 19.9 Å². The van der Waals surface area contributed by atoms with Gasteiger partial charge >= 0.3 is 0 Å². The highest BCUT2D eigenvalue weighted by atomic mass is 35.5. The summed E-state index contributed by atoms with van der Waals surface area (Å²) in [5.74, 6) is 0. The van der Waals surface area contributed by atoms with Crippen molar-refractivity contribution in [1.29, 1.82) is 0 Å². The topological polar surface area (TPSA) is 67.4 Å². The zero-order valence-corrected chi connectivity index (χ0v) is 13.8. The summed E-state index contributed by atoms with van der Waals surface area (Å²) in [4.78, 5) is 0.124. The normalized spacial score (nSPS) is 19.3. The van der Waals surface area contributed by atoms with E-state index < -0.39 is 10.0 Å². The molecule has 1 aromatic rings. The maximum absolute atomic E-state index is 12.4. The molecule has 118 valence electrons. The van der Waals surface area contributed by atoms with Crippen LogP contribution in [0.25, 0.3) is 0 Å². The Balaban J connectivity index is 2.18. The molecule has 0 radical (unpaired) electrons. The summed E-state index contributed by atoms with van der Waals surface area (Å²) in [6.07, 6.45) is 0.686. The molecule has 1 fully saturated rings. The summed E-state index contributed by atoms with van der Waals surface area (Å²) in [6.45, 7) is 5.67. The van der Waals surface area contributed by atoms with Gasteiger partial charge in [0.2, 0.25) is 10.0 Å². The van der Waals surface area contributed by atoms with Gasteiger partial charge < -0.3 is 10.1 Å². The second kappa shape index (κ2) is 7.07. The monoisotopic (exact) mass is 332 g/mol. The summed E-state index contributed by atoms with van der Waals surface area (Å²) in [6, 6.07) is 5.22. The Morgan fingerprint density at radius 2 is 2.19 bits per heavy atom. The summed E-state index contributed by atoms with van der Waals surface area (Å²) < 4.78 is 32.7. The van der Waals surface area contributed by atoms with Gasteiger partial charge in [-0.3, -0.25) is 0 Å². The second-order valence-electron chi connectivity index (χ2n) is 5.48. The van der Waals surface area contributed by atoms with Gasteiger partial charge in [0.25, 0.3) is 0 Å². The van der Waals surface area contributed by atoms with Crippen molar-refractivity contribution in [3.8, 4) is 0 Å². The molecule has 0 bridgehead atoms. The number of hydrogen-bond acceptors (Lipinski definition) is 4. The molecule has 1 atom stereocenters. The molecule has 1 aliphatic heterocycles. The lowest BCUT2D eigenvalue weighted by atomic mass is 10.2. The molecule has 0 aliphatic carbocycles. The van der Waals surface area contributed by atoms with Crippen molar-refractivity contribution in [2.24, 2.45) is 0 Å². The molecule has 5 nitrogen and oxygen atoms in total. The number of halogens is 1. The Bertz CT molecular complexity index is 584. The minimum atomic E-state index is -3.63. The molecule has 2 N–H and O–H groups in total. The van der Waals surface area contributed by atoms with E-state index in [1.165, 1.54) is 0 Å². The fourth-order valence-electron chi connectivity index (χ4n) is 2.10. The first kappa shape index (κ1) is 16.7. The first-order valence-corrected chi connectivity index (χ1v) is 8.86. The number of rotatable bonds is 6. The zero-order chi connectivity index (χ0) is 15.5. The lowest BCUT2D eigenvalue weighted by Crippen LogP contribution is -2.35. The van der Waals surface area contributed by atoms with E-state index in [0.29, 0.717) is 32.2 Å². The smallest absolute Gasteiger partial charge is 0.242 e. The second-order valence-corrected chi connectivity index (χ2v) is 7.57. The molecular formula is C14H21ClN2O3S. The van der Waals surface area contributed by atoms with Crippen LogP contribution in [0.4, 0.5) is 0 Å². The van der Waals surface area contributed by atoms with Gasteiger partial charge in [-0.05, 0) is 24.1 Å². The third kappa shape index (κ3) is 4.66. The van der Waals surface area contributed by atoms with Gasteiger partial charge in [0, 0.05) is 25.2 Å². The van der Waals surface area contributed by atoms with Gasteiger partial charge in [0.05, 0.1) is 11.6 Å². The van der Waals surface area contributed by atoms with Crippen LogP contribution in [0.5, 0.6) is 0 Å². The van der Waals surface area contributed by atoms with Gasteiger partial charge in [0.15, 0.2) is 0 Å². The molecule has 1 heterocycles. The van der Waals surface area contributed by atoms with Crippen LogP contribution in [0.1, 0.15) is 25.8 Å². The van der Waals surface area contributed by atoms with Gasteiger partial charge in [-0.1, -0.05) is 31.5 Å². The Labute approximate surface area is 131 Å². The zero-order valence-electron chi connectivity index (χ0n) is 12.2. The number of nitrogens with one attached hydrogen (secondary N) is 2. The molecular weight excluding hydrogens is 312 g/mol. The van der Waals surface area contributed by atoms with Crippen LogP contribution in [-0.4, -0.2) is 33.7 Å². The fourth-order valence-corrected chi connectivity index (χ4v) is 3.90.